The fourth-order valence-corrected chi connectivity index (χ4v) is 3.91. The molecule has 0 aliphatic heterocycles. The van der Waals surface area contributed by atoms with Gasteiger partial charge in [0.2, 0.25) is 0 Å². The highest BCUT2D eigenvalue weighted by atomic mass is 16.1. The van der Waals surface area contributed by atoms with Gasteiger partial charge in [-0.15, -0.1) is 0 Å². The van der Waals surface area contributed by atoms with E-state index >= 15 is 0 Å². The van der Waals surface area contributed by atoms with E-state index in [-0.39, 0.29) is 11.8 Å². The van der Waals surface area contributed by atoms with Crippen molar-refractivity contribution >= 4 is 5.78 Å². The lowest BCUT2D eigenvalue weighted by Crippen LogP contribution is -2.28. The second kappa shape index (κ2) is 10.8. The van der Waals surface area contributed by atoms with Gasteiger partial charge in [0.05, 0.1) is 0 Å². The lowest BCUT2D eigenvalue weighted by atomic mass is 9.75. The van der Waals surface area contributed by atoms with Crippen LogP contribution in [0, 0.1) is 29.6 Å². The van der Waals surface area contributed by atoms with Crippen LogP contribution in [0.1, 0.15) is 80.1 Å². The molecular weight excluding hydrogens is 304 g/mol. The minimum absolute atomic E-state index is 0.0225. The summed E-state index contributed by atoms with van der Waals surface area (Å²) in [6.07, 6.45) is 12.6. The third kappa shape index (κ3) is 8.21. The van der Waals surface area contributed by atoms with Gasteiger partial charge in [-0.25, -0.2) is 0 Å². The molecule has 1 aliphatic rings. The molecule has 1 atom stereocenters. The molecule has 142 valence electrons. The number of rotatable bonds is 11. The Morgan fingerprint density at radius 3 is 1.96 bits per heavy atom. The molecular formula is C24H40O. The number of carbonyl (C=O) groups excluding carboxylic acids is 1. The fourth-order valence-electron chi connectivity index (χ4n) is 3.91. The summed E-state index contributed by atoms with van der Waals surface area (Å²) < 4.78 is 0. The minimum atomic E-state index is 0.0225. The quantitative estimate of drug-likeness (QED) is 0.364. The van der Waals surface area contributed by atoms with Gasteiger partial charge in [-0.1, -0.05) is 77.5 Å². The van der Waals surface area contributed by atoms with Crippen molar-refractivity contribution in [2.45, 2.75) is 80.1 Å². The number of Topliss-reactive ketones (excluding diaryl/α,β-unsaturated/α-hetero) is 1. The first kappa shape index (κ1) is 21.9. The molecule has 0 bridgehead atoms. The molecule has 0 unspecified atom stereocenters. The molecule has 0 radical (unpaired) electrons. The van der Waals surface area contributed by atoms with Crippen molar-refractivity contribution in [2.24, 2.45) is 29.6 Å². The number of carbonyl (C=O) groups is 1. The lowest BCUT2D eigenvalue weighted by Gasteiger charge is -2.28. The van der Waals surface area contributed by atoms with E-state index in [1.807, 2.05) is 0 Å². The third-order valence-corrected chi connectivity index (χ3v) is 5.00. The third-order valence-electron chi connectivity index (χ3n) is 5.00. The second-order valence-electron chi connectivity index (χ2n) is 9.15. The van der Waals surface area contributed by atoms with Crippen molar-refractivity contribution in [3.63, 3.8) is 0 Å². The van der Waals surface area contributed by atoms with Crippen LogP contribution in [-0.2, 0) is 4.79 Å². The molecule has 0 spiro atoms. The van der Waals surface area contributed by atoms with Crippen molar-refractivity contribution in [3.05, 3.63) is 36.0 Å². The second-order valence-corrected chi connectivity index (χ2v) is 9.15. The molecule has 0 saturated carbocycles. The van der Waals surface area contributed by atoms with Crippen LogP contribution in [0.4, 0.5) is 0 Å². The van der Waals surface area contributed by atoms with E-state index in [0.29, 0.717) is 23.5 Å². The normalized spacial score (nSPS) is 16.0. The Kier molecular flexibility index (Phi) is 9.46. The van der Waals surface area contributed by atoms with Crippen LogP contribution < -0.4 is 0 Å². The van der Waals surface area contributed by atoms with E-state index in [1.54, 1.807) is 0 Å². The number of allylic oxidation sites excluding steroid dienone is 5. The number of hydrogen-bond donors (Lipinski definition) is 0. The zero-order valence-corrected chi connectivity index (χ0v) is 17.5. The largest absolute Gasteiger partial charge is 0.299 e. The molecule has 0 N–H and O–H groups in total. The topological polar surface area (TPSA) is 17.1 Å². The maximum absolute atomic E-state index is 13.4. The van der Waals surface area contributed by atoms with Crippen molar-refractivity contribution in [1.82, 2.24) is 0 Å². The fraction of sp³-hybridized carbons (Fsp3) is 0.708. The average molecular weight is 345 g/mol. The highest BCUT2D eigenvalue weighted by molar-refractivity contribution is 5.86. The summed E-state index contributed by atoms with van der Waals surface area (Å²) in [6.45, 7) is 17.7. The van der Waals surface area contributed by atoms with Gasteiger partial charge in [0.15, 0.2) is 0 Å². The Morgan fingerprint density at radius 1 is 0.960 bits per heavy atom. The van der Waals surface area contributed by atoms with Gasteiger partial charge in [0, 0.05) is 11.8 Å². The molecule has 0 saturated heterocycles. The van der Waals surface area contributed by atoms with Crippen molar-refractivity contribution in [1.29, 1.82) is 0 Å². The Morgan fingerprint density at radius 2 is 1.52 bits per heavy atom. The van der Waals surface area contributed by atoms with Crippen LogP contribution in [-0.4, -0.2) is 5.78 Å². The van der Waals surface area contributed by atoms with Gasteiger partial charge in [-0.2, -0.15) is 0 Å². The molecule has 1 heteroatoms. The van der Waals surface area contributed by atoms with Crippen LogP contribution >= 0.6 is 0 Å². The van der Waals surface area contributed by atoms with Crippen LogP contribution in [0.2, 0.25) is 0 Å². The molecule has 0 aromatic carbocycles. The predicted molar refractivity (Wildman–Crippen MR) is 111 cm³/mol. The van der Waals surface area contributed by atoms with Gasteiger partial charge >= 0.3 is 0 Å². The summed E-state index contributed by atoms with van der Waals surface area (Å²) >= 11 is 0. The molecule has 0 heterocycles. The van der Waals surface area contributed by atoms with Crippen LogP contribution in [0.3, 0.4) is 0 Å². The summed E-state index contributed by atoms with van der Waals surface area (Å²) in [6, 6.07) is 0. The predicted octanol–water partition coefficient (Wildman–Crippen LogP) is 7.15. The SMILES string of the molecule is C=C(CC1=CCC=CC1)[C@@H](CC(C)C)C(=O)C(CC(C)C)CC(C)C. The summed E-state index contributed by atoms with van der Waals surface area (Å²) in [5, 5.41) is 0. The van der Waals surface area contributed by atoms with Crippen LogP contribution in [0.25, 0.3) is 0 Å². The van der Waals surface area contributed by atoms with E-state index in [2.05, 4.69) is 66.3 Å². The van der Waals surface area contributed by atoms with E-state index in [9.17, 15) is 4.79 Å². The van der Waals surface area contributed by atoms with Gasteiger partial charge in [-0.05, 0) is 56.3 Å². The average Bonchev–Trinajstić information content (AvgIpc) is 2.51. The molecule has 0 aromatic heterocycles. The minimum Gasteiger partial charge on any atom is -0.299 e. The summed E-state index contributed by atoms with van der Waals surface area (Å²) in [5.74, 6) is 2.30. The molecule has 0 amide bonds. The highest BCUT2D eigenvalue weighted by Gasteiger charge is 2.30. The van der Waals surface area contributed by atoms with Gasteiger partial charge in [-0.3, -0.25) is 4.79 Å². The smallest absolute Gasteiger partial charge is 0.143 e. The molecule has 1 nitrogen and oxygen atoms in total. The van der Waals surface area contributed by atoms with E-state index in [1.165, 1.54) is 5.57 Å². The zero-order valence-electron chi connectivity index (χ0n) is 17.5. The van der Waals surface area contributed by atoms with Crippen molar-refractivity contribution in [2.75, 3.05) is 0 Å². The lowest BCUT2D eigenvalue weighted by molar-refractivity contribution is -0.127. The molecule has 1 aliphatic carbocycles. The Hall–Kier alpha value is -1.11. The van der Waals surface area contributed by atoms with Crippen molar-refractivity contribution < 1.29 is 4.79 Å². The van der Waals surface area contributed by atoms with Crippen molar-refractivity contribution in [3.8, 4) is 0 Å². The Bertz CT molecular complexity index is 480. The maximum Gasteiger partial charge on any atom is 0.143 e. The first-order chi connectivity index (χ1) is 11.7. The summed E-state index contributed by atoms with van der Waals surface area (Å²) in [4.78, 5) is 13.4. The molecule has 1 rings (SSSR count). The number of ketones is 1. The van der Waals surface area contributed by atoms with Gasteiger partial charge in [0.1, 0.15) is 5.78 Å². The van der Waals surface area contributed by atoms with E-state index in [0.717, 1.165) is 44.1 Å². The zero-order chi connectivity index (χ0) is 19.0. The van der Waals surface area contributed by atoms with Gasteiger partial charge in [0.25, 0.3) is 0 Å². The standard InChI is InChI=1S/C24H40O/c1-17(2)13-22(14-18(3)4)24(25)23(15-19(5)6)20(7)16-21-11-9-8-10-12-21/h8-9,12,17-19,22-23H,7,10-11,13-16H2,1-6H3/t23-/m1/s1. The van der Waals surface area contributed by atoms with Crippen LogP contribution in [0.15, 0.2) is 36.0 Å². The molecule has 25 heavy (non-hydrogen) atoms. The molecule has 0 aromatic rings. The molecule has 0 fully saturated rings. The Labute approximate surface area is 156 Å². The summed E-state index contributed by atoms with van der Waals surface area (Å²) in [5.41, 5.74) is 2.57. The maximum atomic E-state index is 13.4. The first-order valence-corrected chi connectivity index (χ1v) is 10.2. The number of hydrogen-bond acceptors (Lipinski definition) is 1. The van der Waals surface area contributed by atoms with E-state index in [4.69, 9.17) is 0 Å². The highest BCUT2D eigenvalue weighted by Crippen LogP contribution is 2.33. The Balaban J connectivity index is 2.90. The first-order valence-electron chi connectivity index (χ1n) is 10.2. The monoisotopic (exact) mass is 344 g/mol. The van der Waals surface area contributed by atoms with Crippen LogP contribution in [0.5, 0.6) is 0 Å². The summed E-state index contributed by atoms with van der Waals surface area (Å²) in [7, 11) is 0. The van der Waals surface area contributed by atoms with E-state index < -0.39 is 0 Å². The van der Waals surface area contributed by atoms with Gasteiger partial charge < -0.3 is 0 Å².